The third kappa shape index (κ3) is 3.42. The van der Waals surface area contributed by atoms with Gasteiger partial charge in [0, 0.05) is 0 Å². The summed E-state index contributed by atoms with van der Waals surface area (Å²) in [6.07, 6.45) is -12.6. The van der Waals surface area contributed by atoms with Crippen LogP contribution in [0.4, 0.5) is 0 Å². The molecule has 2 aliphatic rings. The van der Waals surface area contributed by atoms with Gasteiger partial charge in [0.2, 0.25) is 6.29 Å². The van der Waals surface area contributed by atoms with E-state index in [1.807, 2.05) is 0 Å². The van der Waals surface area contributed by atoms with E-state index >= 15 is 0 Å². The molecule has 8 N–H and O–H groups in total. The van der Waals surface area contributed by atoms with Crippen molar-refractivity contribution in [1.82, 2.24) is 0 Å². The van der Waals surface area contributed by atoms with Gasteiger partial charge >= 0.3 is 0 Å². The Morgan fingerprint density at radius 2 is 1.43 bits per heavy atom. The molecule has 2 aliphatic heterocycles. The molecule has 0 amide bonds. The minimum absolute atomic E-state index is 0.694. The van der Waals surface area contributed by atoms with E-state index in [2.05, 4.69) is 0 Å². The molecule has 0 aliphatic carbocycles. The Kier molecular flexibility index (Phi) is 5.78. The zero-order valence-corrected chi connectivity index (χ0v) is 11.8. The minimum Gasteiger partial charge on any atom is -0.506 e. The second-order valence-electron chi connectivity index (χ2n) is 5.23. The zero-order chi connectivity index (χ0) is 17.3. The van der Waals surface area contributed by atoms with Crippen LogP contribution >= 0.6 is 0 Å². The van der Waals surface area contributed by atoms with E-state index < -0.39 is 73.9 Å². The molecule has 0 aromatic rings. The van der Waals surface area contributed by atoms with Crippen LogP contribution in [0.1, 0.15) is 0 Å². The van der Waals surface area contributed by atoms with Crippen molar-refractivity contribution in [3.8, 4) is 0 Å². The summed E-state index contributed by atoms with van der Waals surface area (Å²) in [4.78, 5) is 0. The molecule has 0 radical (unpaired) electrons. The van der Waals surface area contributed by atoms with E-state index in [-0.39, 0.29) is 0 Å². The fourth-order valence-corrected chi connectivity index (χ4v) is 2.36. The van der Waals surface area contributed by atoms with Gasteiger partial charge in [0.05, 0.1) is 13.2 Å². The fourth-order valence-electron chi connectivity index (χ4n) is 2.36. The van der Waals surface area contributed by atoms with E-state index in [4.69, 9.17) is 19.3 Å². The summed E-state index contributed by atoms with van der Waals surface area (Å²) in [5.41, 5.74) is 0. The number of aliphatic hydroxyl groups is 8. The van der Waals surface area contributed by atoms with E-state index in [1.165, 1.54) is 0 Å². The van der Waals surface area contributed by atoms with Crippen LogP contribution in [0.25, 0.3) is 0 Å². The number of ether oxygens (including phenoxy) is 3. The Morgan fingerprint density at radius 1 is 0.826 bits per heavy atom. The van der Waals surface area contributed by atoms with Gasteiger partial charge in [0.1, 0.15) is 36.6 Å². The molecular formula is C12H20O11. The van der Waals surface area contributed by atoms with Crippen LogP contribution in [-0.4, -0.2) is 103 Å². The number of rotatable bonds is 4. The Labute approximate surface area is 130 Å². The van der Waals surface area contributed by atoms with Crippen LogP contribution in [0.2, 0.25) is 0 Å². The molecule has 1 fully saturated rings. The van der Waals surface area contributed by atoms with Crippen molar-refractivity contribution in [3.05, 3.63) is 11.5 Å². The predicted molar refractivity (Wildman–Crippen MR) is 68.9 cm³/mol. The fraction of sp³-hybridized carbons (Fsp3) is 0.833. The first-order valence-electron chi connectivity index (χ1n) is 6.84. The summed E-state index contributed by atoms with van der Waals surface area (Å²) in [7, 11) is 0. The maximum absolute atomic E-state index is 9.93. The molecule has 2 heterocycles. The number of aliphatic hydroxyl groups excluding tert-OH is 8. The van der Waals surface area contributed by atoms with Crippen LogP contribution in [0, 0.1) is 0 Å². The van der Waals surface area contributed by atoms with Gasteiger partial charge in [0.25, 0.3) is 0 Å². The van der Waals surface area contributed by atoms with Gasteiger partial charge in [-0.25, -0.2) is 0 Å². The van der Waals surface area contributed by atoms with E-state index in [0.717, 1.165) is 0 Å². The maximum Gasteiger partial charge on any atom is 0.220 e. The lowest BCUT2D eigenvalue weighted by Crippen LogP contribution is -2.61. The molecule has 0 spiro atoms. The number of hydrogen-bond donors (Lipinski definition) is 8. The first kappa shape index (κ1) is 18.3. The first-order valence-corrected chi connectivity index (χ1v) is 6.84. The highest BCUT2D eigenvalue weighted by atomic mass is 16.7. The lowest BCUT2D eigenvalue weighted by molar-refractivity contribution is -0.324. The van der Waals surface area contributed by atoms with Crippen molar-refractivity contribution in [2.24, 2.45) is 0 Å². The van der Waals surface area contributed by atoms with Crippen LogP contribution in [-0.2, 0) is 14.2 Å². The van der Waals surface area contributed by atoms with Gasteiger partial charge in [-0.1, -0.05) is 0 Å². The largest absolute Gasteiger partial charge is 0.506 e. The Bertz CT molecular complexity index is 439. The second kappa shape index (κ2) is 7.25. The summed E-state index contributed by atoms with van der Waals surface area (Å²) < 4.78 is 15.1. The number of hydrogen-bond acceptors (Lipinski definition) is 11. The average Bonchev–Trinajstić information content (AvgIpc) is 2.55. The molecule has 0 saturated carbocycles. The maximum atomic E-state index is 9.93. The van der Waals surface area contributed by atoms with E-state index in [1.54, 1.807) is 0 Å². The topological polar surface area (TPSA) is 190 Å². The van der Waals surface area contributed by atoms with Gasteiger partial charge in [-0.05, 0) is 0 Å². The lowest BCUT2D eigenvalue weighted by atomic mass is 9.99. The highest BCUT2D eigenvalue weighted by Gasteiger charge is 2.47. The highest BCUT2D eigenvalue weighted by Crippen LogP contribution is 2.29. The highest BCUT2D eigenvalue weighted by molar-refractivity contribution is 5.12. The smallest absolute Gasteiger partial charge is 0.220 e. The van der Waals surface area contributed by atoms with Crippen LogP contribution in [0.15, 0.2) is 11.5 Å². The standard InChI is InChI=1S/C12H20O11/c13-1-3-5(15)6(16)9(19)12(22-3)23-10-4(2-14)21-11(20)8(18)7(10)17/h3-5,7-8,10-20H,1-2H2/t3-,4-,5+,7-,8-,10-,11-,12+/m1/s1. The van der Waals surface area contributed by atoms with Crippen LogP contribution in [0.5, 0.6) is 0 Å². The average molecular weight is 340 g/mol. The minimum atomic E-state index is -1.75. The molecule has 11 heteroatoms. The molecule has 0 bridgehead atoms. The van der Waals surface area contributed by atoms with Crippen LogP contribution in [0.3, 0.4) is 0 Å². The quantitative estimate of drug-likeness (QED) is 0.250. The van der Waals surface area contributed by atoms with Crippen molar-refractivity contribution in [1.29, 1.82) is 0 Å². The first-order chi connectivity index (χ1) is 10.8. The van der Waals surface area contributed by atoms with Crippen molar-refractivity contribution in [2.45, 2.75) is 49.2 Å². The normalized spacial score (nSPS) is 45.3. The molecule has 0 aromatic heterocycles. The SMILES string of the molecule is OC[C@H]1O[C@@H](O)[C@H](O)[C@@H](O)[C@@H]1O[C@@H]1O[C@H](CO)[C@H](O)C(O)=C1O. The zero-order valence-electron chi connectivity index (χ0n) is 11.8. The molecule has 1 saturated heterocycles. The predicted octanol–water partition coefficient (Wildman–Crippen LogP) is -3.79. The molecule has 0 unspecified atom stereocenters. The molecule has 8 atom stereocenters. The van der Waals surface area contributed by atoms with Gasteiger partial charge in [-0.3, -0.25) is 0 Å². The van der Waals surface area contributed by atoms with E-state index in [0.29, 0.717) is 0 Å². The molecule has 2 rings (SSSR count). The molecule has 0 aromatic carbocycles. The Morgan fingerprint density at radius 3 is 2.00 bits per heavy atom. The summed E-state index contributed by atoms with van der Waals surface area (Å²) in [5, 5.41) is 76.1. The summed E-state index contributed by atoms with van der Waals surface area (Å²) in [5.74, 6) is -1.78. The van der Waals surface area contributed by atoms with Crippen molar-refractivity contribution >= 4 is 0 Å². The Balaban J connectivity index is 2.18. The third-order valence-electron chi connectivity index (χ3n) is 3.72. The van der Waals surface area contributed by atoms with Crippen molar-refractivity contribution in [2.75, 3.05) is 13.2 Å². The third-order valence-corrected chi connectivity index (χ3v) is 3.72. The summed E-state index contributed by atoms with van der Waals surface area (Å²) in [6, 6.07) is 0. The Hall–Kier alpha value is -1.02. The molecule has 11 nitrogen and oxygen atoms in total. The summed E-state index contributed by atoms with van der Waals surface area (Å²) in [6.45, 7) is -1.40. The monoisotopic (exact) mass is 340 g/mol. The van der Waals surface area contributed by atoms with Gasteiger partial charge in [-0.2, -0.15) is 0 Å². The summed E-state index contributed by atoms with van der Waals surface area (Å²) >= 11 is 0. The van der Waals surface area contributed by atoms with E-state index in [9.17, 15) is 35.7 Å². The molecule has 23 heavy (non-hydrogen) atoms. The van der Waals surface area contributed by atoms with Gasteiger partial charge in [-0.15, -0.1) is 0 Å². The van der Waals surface area contributed by atoms with Crippen molar-refractivity contribution < 1.29 is 55.1 Å². The molecule has 134 valence electrons. The van der Waals surface area contributed by atoms with Crippen LogP contribution < -0.4 is 0 Å². The second-order valence-corrected chi connectivity index (χ2v) is 5.23. The van der Waals surface area contributed by atoms with Gasteiger partial charge < -0.3 is 55.1 Å². The molecular weight excluding hydrogens is 320 g/mol. The van der Waals surface area contributed by atoms with Gasteiger partial charge in [0.15, 0.2) is 17.8 Å². The lowest BCUT2D eigenvalue weighted by Gasteiger charge is -2.42. The van der Waals surface area contributed by atoms with Crippen molar-refractivity contribution in [3.63, 3.8) is 0 Å².